The molecule has 0 fully saturated rings. The van der Waals surface area contributed by atoms with E-state index in [1.165, 1.54) is 6.92 Å². The third-order valence-electron chi connectivity index (χ3n) is 0.575. The van der Waals surface area contributed by atoms with Gasteiger partial charge in [0.05, 0.1) is 5.75 Å². The number of sulfonamides is 1. The van der Waals surface area contributed by atoms with Gasteiger partial charge < -0.3 is 0 Å². The number of hydrogen-bond acceptors (Lipinski definition) is 2. The number of hydrogen-bond donors (Lipinski definition) is 0. The second-order valence-corrected chi connectivity index (χ2v) is 4.43. The van der Waals surface area contributed by atoms with E-state index >= 15 is 0 Å². The molecular weight excluding hydrogens is 173 g/mol. The van der Waals surface area contributed by atoms with Gasteiger partial charge in [0.2, 0.25) is 10.0 Å². The normalized spacial score (nSPS) is 12.5. The van der Waals surface area contributed by atoms with Crippen molar-refractivity contribution in [2.75, 3.05) is 5.75 Å². The predicted molar refractivity (Wildman–Crippen MR) is 33.0 cm³/mol. The molecule has 50 valence electrons. The van der Waals surface area contributed by atoms with Gasteiger partial charge in [0, 0.05) is 23.6 Å². The standard InChI is InChI=1S/C2H5Cl2NO2S/c1-2-8(6,7)5(3)4/h2H2,1H3. The average molecular weight is 178 g/mol. The molecule has 0 spiro atoms. The Morgan fingerprint density at radius 1 is 1.50 bits per heavy atom. The van der Waals surface area contributed by atoms with Crippen LogP contribution < -0.4 is 0 Å². The summed E-state index contributed by atoms with van der Waals surface area (Å²) >= 11 is 9.76. The molecule has 0 bridgehead atoms. The first-order valence-corrected chi connectivity index (χ1v) is 4.14. The van der Waals surface area contributed by atoms with Crippen molar-refractivity contribution >= 4 is 33.6 Å². The van der Waals surface area contributed by atoms with Gasteiger partial charge in [-0.25, -0.2) is 8.42 Å². The van der Waals surface area contributed by atoms with E-state index in [4.69, 9.17) is 23.6 Å². The third-order valence-corrected chi connectivity index (χ3v) is 2.99. The van der Waals surface area contributed by atoms with Crippen LogP contribution in [0.25, 0.3) is 0 Å². The lowest BCUT2D eigenvalue weighted by molar-refractivity contribution is 0.581. The van der Waals surface area contributed by atoms with E-state index in [2.05, 4.69) is 0 Å². The predicted octanol–water partition coefficient (Wildman–Crippen LogP) is 0.946. The van der Waals surface area contributed by atoms with Crippen LogP contribution in [0.15, 0.2) is 0 Å². The number of nitrogens with zero attached hydrogens (tertiary/aromatic N) is 1. The molecule has 3 nitrogen and oxygen atoms in total. The molecule has 0 unspecified atom stereocenters. The van der Waals surface area contributed by atoms with Crippen molar-refractivity contribution in [1.29, 1.82) is 0 Å². The summed E-state index contributed by atoms with van der Waals surface area (Å²) in [4.78, 5) is 0. The Bertz CT molecular complexity index is 151. The van der Waals surface area contributed by atoms with Gasteiger partial charge in [-0.3, -0.25) is 0 Å². The van der Waals surface area contributed by atoms with Gasteiger partial charge in [-0.05, 0) is 10.3 Å². The van der Waals surface area contributed by atoms with Crippen LogP contribution >= 0.6 is 23.6 Å². The summed E-state index contributed by atoms with van der Waals surface area (Å²) in [6.07, 6.45) is 0. The van der Waals surface area contributed by atoms with Crippen LogP contribution in [-0.4, -0.2) is 17.5 Å². The highest BCUT2D eigenvalue weighted by Crippen LogP contribution is 2.07. The van der Waals surface area contributed by atoms with Gasteiger partial charge in [-0.2, -0.15) is 0 Å². The summed E-state index contributed by atoms with van der Waals surface area (Å²) in [6, 6.07) is 0. The highest BCUT2D eigenvalue weighted by atomic mass is 35.5. The van der Waals surface area contributed by atoms with Crippen molar-refractivity contribution in [1.82, 2.24) is 3.34 Å². The molecule has 0 saturated heterocycles. The summed E-state index contributed by atoms with van der Waals surface area (Å²) in [7, 11) is -3.37. The molecule has 0 atom stereocenters. The quantitative estimate of drug-likeness (QED) is 0.590. The van der Waals surface area contributed by atoms with Crippen molar-refractivity contribution in [3.05, 3.63) is 0 Å². The van der Waals surface area contributed by atoms with Gasteiger partial charge in [0.15, 0.2) is 0 Å². The van der Waals surface area contributed by atoms with E-state index in [0.29, 0.717) is 0 Å². The van der Waals surface area contributed by atoms with Crippen LogP contribution in [0.5, 0.6) is 0 Å². The van der Waals surface area contributed by atoms with Crippen molar-refractivity contribution < 1.29 is 8.42 Å². The van der Waals surface area contributed by atoms with Crippen LogP contribution in [0.4, 0.5) is 0 Å². The molecule has 0 aliphatic heterocycles. The molecule has 0 saturated carbocycles. The van der Waals surface area contributed by atoms with E-state index in [-0.39, 0.29) is 9.10 Å². The average Bonchev–Trinajstić information content (AvgIpc) is 1.67. The summed E-state index contributed by atoms with van der Waals surface area (Å²) in [5.74, 6) is -0.0833. The van der Waals surface area contributed by atoms with Crippen LogP contribution in [0.2, 0.25) is 0 Å². The molecular formula is C2H5Cl2NO2S. The largest absolute Gasteiger partial charge is 0.241 e. The highest BCUT2D eigenvalue weighted by Gasteiger charge is 2.13. The Labute approximate surface area is 58.5 Å². The minimum absolute atomic E-state index is 0.0833. The van der Waals surface area contributed by atoms with E-state index in [0.717, 1.165) is 0 Å². The summed E-state index contributed by atoms with van der Waals surface area (Å²) in [5, 5.41) is 0. The fourth-order valence-electron chi connectivity index (χ4n) is 0.0976. The molecule has 6 heteroatoms. The summed E-state index contributed by atoms with van der Waals surface area (Å²) in [5.41, 5.74) is 0. The second-order valence-electron chi connectivity index (χ2n) is 1.07. The lowest BCUT2D eigenvalue weighted by atomic mass is 11.0. The topological polar surface area (TPSA) is 37.4 Å². The third kappa shape index (κ3) is 2.17. The molecule has 0 aliphatic carbocycles. The Morgan fingerprint density at radius 3 is 1.88 bits per heavy atom. The Balaban J connectivity index is 4.17. The van der Waals surface area contributed by atoms with Gasteiger partial charge in [-0.1, -0.05) is 0 Å². The lowest BCUT2D eigenvalue weighted by Gasteiger charge is -1.99. The number of halogens is 2. The zero-order valence-corrected chi connectivity index (χ0v) is 6.46. The SMILES string of the molecule is CCS(=O)(=O)N(Cl)Cl. The molecule has 0 amide bonds. The van der Waals surface area contributed by atoms with Crippen LogP contribution in [0, 0.1) is 0 Å². The molecule has 8 heavy (non-hydrogen) atoms. The monoisotopic (exact) mass is 177 g/mol. The fraction of sp³-hybridized carbons (Fsp3) is 1.00. The minimum atomic E-state index is -3.37. The maximum absolute atomic E-state index is 10.4. The van der Waals surface area contributed by atoms with Gasteiger partial charge in [0.25, 0.3) is 0 Å². The van der Waals surface area contributed by atoms with Crippen molar-refractivity contribution in [2.24, 2.45) is 0 Å². The molecule has 0 aromatic rings. The Kier molecular flexibility index (Phi) is 3.04. The zero-order valence-electron chi connectivity index (χ0n) is 4.13. The zero-order chi connectivity index (χ0) is 6.78. The van der Waals surface area contributed by atoms with Gasteiger partial charge >= 0.3 is 0 Å². The number of rotatable bonds is 2. The van der Waals surface area contributed by atoms with Crippen molar-refractivity contribution in [3.8, 4) is 0 Å². The van der Waals surface area contributed by atoms with E-state index < -0.39 is 10.0 Å². The lowest BCUT2D eigenvalue weighted by Crippen LogP contribution is -2.13. The molecule has 0 rings (SSSR count). The minimum Gasteiger partial charge on any atom is -0.210 e. The van der Waals surface area contributed by atoms with E-state index in [1.807, 2.05) is 0 Å². The van der Waals surface area contributed by atoms with E-state index in [9.17, 15) is 8.42 Å². The first kappa shape index (κ1) is 8.49. The molecule has 0 aromatic carbocycles. The molecule has 0 radical (unpaired) electrons. The first-order chi connectivity index (χ1) is 3.50. The van der Waals surface area contributed by atoms with Crippen LogP contribution in [0.3, 0.4) is 0 Å². The highest BCUT2D eigenvalue weighted by molar-refractivity contribution is 7.90. The Hall–Kier alpha value is 0.490. The Morgan fingerprint density at radius 2 is 1.88 bits per heavy atom. The van der Waals surface area contributed by atoms with Crippen molar-refractivity contribution in [2.45, 2.75) is 6.92 Å². The first-order valence-electron chi connectivity index (χ1n) is 1.85. The second kappa shape index (κ2) is 2.87. The van der Waals surface area contributed by atoms with Gasteiger partial charge in [0.1, 0.15) is 0 Å². The maximum atomic E-state index is 10.4. The molecule has 0 N–H and O–H groups in total. The smallest absolute Gasteiger partial charge is 0.210 e. The molecule has 0 aliphatic rings. The maximum Gasteiger partial charge on any atom is 0.241 e. The van der Waals surface area contributed by atoms with Crippen LogP contribution in [-0.2, 0) is 10.0 Å². The van der Waals surface area contributed by atoms with Crippen molar-refractivity contribution in [3.63, 3.8) is 0 Å². The fourth-order valence-corrected chi connectivity index (χ4v) is 0.878. The van der Waals surface area contributed by atoms with E-state index in [1.54, 1.807) is 0 Å². The summed E-state index contributed by atoms with van der Waals surface area (Å²) in [6.45, 7) is 1.45. The molecule has 0 heterocycles. The molecule has 0 aromatic heterocycles. The summed E-state index contributed by atoms with van der Waals surface area (Å²) < 4.78 is 20.9. The van der Waals surface area contributed by atoms with Crippen LogP contribution in [0.1, 0.15) is 6.92 Å². The van der Waals surface area contributed by atoms with Gasteiger partial charge in [-0.15, -0.1) is 0 Å².